The Morgan fingerprint density at radius 1 is 1.38 bits per heavy atom. The maximum Gasteiger partial charge on any atom is 0.238 e. The Morgan fingerprint density at radius 2 is 2.17 bits per heavy atom. The van der Waals surface area contributed by atoms with Gasteiger partial charge in [-0.2, -0.15) is 4.98 Å². The van der Waals surface area contributed by atoms with Crippen LogP contribution < -0.4 is 5.32 Å². The molecule has 1 aromatic carbocycles. The monoisotopic (exact) mass is 350 g/mol. The summed E-state index contributed by atoms with van der Waals surface area (Å²) in [6.07, 6.45) is 2.28. The van der Waals surface area contributed by atoms with Crippen LogP contribution in [0, 0.1) is 5.82 Å². The number of carbonyl (C=O) groups is 1. The fraction of sp³-hybridized carbons (Fsp3) is 0.438. The highest BCUT2D eigenvalue weighted by Gasteiger charge is 2.35. The normalized spacial score (nSPS) is 18.4. The summed E-state index contributed by atoms with van der Waals surface area (Å²) in [4.78, 5) is 18.4. The molecule has 4 rings (SSSR count). The second-order valence-electron chi connectivity index (χ2n) is 6.33. The summed E-state index contributed by atoms with van der Waals surface area (Å²) in [5.41, 5.74) is 0.481. The average Bonchev–Trinajstić information content (AvgIpc) is 3.25. The summed E-state index contributed by atoms with van der Waals surface area (Å²) in [6.45, 7) is 1.68. The first kappa shape index (κ1) is 15.5. The Balaban J connectivity index is 1.26. The van der Waals surface area contributed by atoms with E-state index in [-0.39, 0.29) is 23.4 Å². The molecule has 8 heteroatoms. The van der Waals surface area contributed by atoms with E-state index < -0.39 is 5.82 Å². The van der Waals surface area contributed by atoms with Gasteiger partial charge in [0.1, 0.15) is 5.82 Å². The lowest BCUT2D eigenvalue weighted by atomic mass is 10.0. The van der Waals surface area contributed by atoms with Crippen molar-refractivity contribution in [2.75, 3.05) is 25.0 Å². The van der Waals surface area contributed by atoms with Crippen molar-refractivity contribution in [3.8, 4) is 0 Å². The van der Waals surface area contributed by atoms with Crippen molar-refractivity contribution in [1.82, 2.24) is 15.0 Å². The number of rotatable bonds is 5. The predicted octanol–water partition coefficient (Wildman–Crippen LogP) is 2.78. The zero-order chi connectivity index (χ0) is 16.7. The number of benzene rings is 1. The Hall–Kier alpha value is -1.99. The second-order valence-corrected chi connectivity index (χ2v) is 6.74. The van der Waals surface area contributed by atoms with E-state index in [1.54, 1.807) is 0 Å². The van der Waals surface area contributed by atoms with E-state index in [1.165, 1.54) is 18.2 Å². The third-order valence-electron chi connectivity index (χ3n) is 4.28. The van der Waals surface area contributed by atoms with Crippen LogP contribution in [0.15, 0.2) is 22.7 Å². The van der Waals surface area contributed by atoms with Crippen molar-refractivity contribution in [3.63, 3.8) is 0 Å². The smallest absolute Gasteiger partial charge is 0.238 e. The molecule has 126 valence electrons. The van der Waals surface area contributed by atoms with Gasteiger partial charge in [0.15, 0.2) is 5.82 Å². The topological polar surface area (TPSA) is 71.3 Å². The number of hydrogen-bond donors (Lipinski definition) is 1. The Kier molecular flexibility index (Phi) is 3.97. The summed E-state index contributed by atoms with van der Waals surface area (Å²) >= 11 is 5.70. The lowest BCUT2D eigenvalue weighted by molar-refractivity contribution is -0.118. The molecule has 1 saturated heterocycles. The van der Waals surface area contributed by atoms with Crippen LogP contribution in [0.3, 0.4) is 0 Å². The molecule has 2 aromatic rings. The number of hydrogen-bond acceptors (Lipinski definition) is 5. The van der Waals surface area contributed by atoms with Crippen LogP contribution in [0.1, 0.15) is 36.4 Å². The van der Waals surface area contributed by atoms with Gasteiger partial charge in [0.25, 0.3) is 0 Å². The first-order valence-corrected chi connectivity index (χ1v) is 8.27. The van der Waals surface area contributed by atoms with Crippen molar-refractivity contribution in [1.29, 1.82) is 0 Å². The number of amides is 1. The minimum absolute atomic E-state index is 0.0142. The Bertz CT molecular complexity index is 771. The van der Waals surface area contributed by atoms with Crippen molar-refractivity contribution < 1.29 is 13.7 Å². The van der Waals surface area contributed by atoms with Crippen molar-refractivity contribution >= 4 is 23.2 Å². The van der Waals surface area contributed by atoms with E-state index in [9.17, 15) is 9.18 Å². The molecule has 1 aromatic heterocycles. The molecule has 2 heterocycles. The zero-order valence-corrected chi connectivity index (χ0v) is 13.6. The van der Waals surface area contributed by atoms with Gasteiger partial charge in [0.05, 0.1) is 17.5 Å². The van der Waals surface area contributed by atoms with Crippen molar-refractivity contribution in [3.05, 3.63) is 40.8 Å². The van der Waals surface area contributed by atoms with Crippen LogP contribution >= 0.6 is 11.6 Å². The third kappa shape index (κ3) is 3.27. The SMILES string of the molecule is O=C(CN1CC(c2nc(C3CC3)no2)C1)Nc1ccc(F)c(Cl)c1. The molecule has 1 N–H and O–H groups in total. The summed E-state index contributed by atoms with van der Waals surface area (Å²) in [6, 6.07) is 4.10. The van der Waals surface area contributed by atoms with E-state index in [1.807, 2.05) is 4.90 Å². The number of nitrogens with one attached hydrogen (secondary N) is 1. The van der Waals surface area contributed by atoms with Gasteiger partial charge in [0.2, 0.25) is 11.8 Å². The van der Waals surface area contributed by atoms with Gasteiger partial charge in [-0.1, -0.05) is 16.8 Å². The molecule has 0 spiro atoms. The van der Waals surface area contributed by atoms with Gasteiger partial charge in [-0.3, -0.25) is 9.69 Å². The van der Waals surface area contributed by atoms with Crippen molar-refractivity contribution in [2.24, 2.45) is 0 Å². The number of aromatic nitrogens is 2. The molecule has 6 nitrogen and oxygen atoms in total. The van der Waals surface area contributed by atoms with Crippen LogP contribution in [0.5, 0.6) is 0 Å². The molecule has 1 aliphatic carbocycles. The minimum atomic E-state index is -0.509. The molecule has 0 unspecified atom stereocenters. The zero-order valence-electron chi connectivity index (χ0n) is 12.8. The highest BCUT2D eigenvalue weighted by Crippen LogP contribution is 2.39. The summed E-state index contributed by atoms with van der Waals surface area (Å²) in [7, 11) is 0. The molecule has 1 amide bonds. The van der Waals surface area contributed by atoms with Gasteiger partial charge in [-0.05, 0) is 31.0 Å². The fourth-order valence-corrected chi connectivity index (χ4v) is 2.93. The quantitative estimate of drug-likeness (QED) is 0.897. The van der Waals surface area contributed by atoms with Crippen LogP contribution in [-0.2, 0) is 4.79 Å². The first-order chi connectivity index (χ1) is 11.6. The van der Waals surface area contributed by atoms with E-state index in [2.05, 4.69) is 15.5 Å². The molecule has 0 radical (unpaired) electrons. The van der Waals surface area contributed by atoms with Gasteiger partial charge in [-0.15, -0.1) is 0 Å². The summed E-state index contributed by atoms with van der Waals surface area (Å²) in [5, 5.41) is 6.70. The van der Waals surface area contributed by atoms with E-state index in [4.69, 9.17) is 16.1 Å². The van der Waals surface area contributed by atoms with Crippen LogP contribution in [0.2, 0.25) is 5.02 Å². The second kappa shape index (κ2) is 6.14. The van der Waals surface area contributed by atoms with E-state index >= 15 is 0 Å². The Labute approximate surface area is 143 Å². The number of carbonyl (C=O) groups excluding carboxylic acids is 1. The molecule has 0 atom stereocenters. The number of nitrogens with zero attached hydrogens (tertiary/aromatic N) is 3. The van der Waals surface area contributed by atoms with Gasteiger partial charge in [0, 0.05) is 24.7 Å². The van der Waals surface area contributed by atoms with E-state index in [0.717, 1.165) is 18.7 Å². The number of anilines is 1. The molecule has 1 aliphatic heterocycles. The summed E-state index contributed by atoms with van der Waals surface area (Å²) in [5.74, 6) is 1.48. The largest absolute Gasteiger partial charge is 0.339 e. The minimum Gasteiger partial charge on any atom is -0.339 e. The highest BCUT2D eigenvalue weighted by molar-refractivity contribution is 6.31. The highest BCUT2D eigenvalue weighted by atomic mass is 35.5. The maximum atomic E-state index is 13.1. The van der Waals surface area contributed by atoms with Gasteiger partial charge in [-0.25, -0.2) is 4.39 Å². The van der Waals surface area contributed by atoms with Gasteiger partial charge < -0.3 is 9.84 Å². The molecule has 0 bridgehead atoms. The molecule has 2 aliphatic rings. The molecular weight excluding hydrogens is 335 g/mol. The van der Waals surface area contributed by atoms with Crippen LogP contribution in [0.25, 0.3) is 0 Å². The predicted molar refractivity (Wildman–Crippen MR) is 85.5 cm³/mol. The first-order valence-electron chi connectivity index (χ1n) is 7.89. The number of halogens is 2. The van der Waals surface area contributed by atoms with E-state index in [0.29, 0.717) is 30.6 Å². The number of likely N-dealkylation sites (tertiary alicyclic amines) is 1. The third-order valence-corrected chi connectivity index (χ3v) is 4.57. The fourth-order valence-electron chi connectivity index (χ4n) is 2.75. The van der Waals surface area contributed by atoms with Crippen LogP contribution in [-0.4, -0.2) is 40.6 Å². The lowest BCUT2D eigenvalue weighted by Crippen LogP contribution is -2.48. The summed E-state index contributed by atoms with van der Waals surface area (Å²) < 4.78 is 18.4. The lowest BCUT2D eigenvalue weighted by Gasteiger charge is -2.36. The van der Waals surface area contributed by atoms with Crippen LogP contribution in [0.4, 0.5) is 10.1 Å². The average molecular weight is 351 g/mol. The van der Waals surface area contributed by atoms with Crippen molar-refractivity contribution in [2.45, 2.75) is 24.7 Å². The molecule has 2 fully saturated rings. The maximum absolute atomic E-state index is 13.1. The van der Waals surface area contributed by atoms with Gasteiger partial charge >= 0.3 is 0 Å². The Morgan fingerprint density at radius 3 is 2.88 bits per heavy atom. The standard InChI is InChI=1S/C16H16ClFN4O2/c17-12-5-11(3-4-13(12)18)19-14(23)8-22-6-10(7-22)16-20-15(21-24-16)9-1-2-9/h3-5,9-10H,1-2,6-8H2,(H,19,23). The molecular formula is C16H16ClFN4O2. The molecule has 1 saturated carbocycles. The molecule has 24 heavy (non-hydrogen) atoms.